The van der Waals surface area contributed by atoms with Gasteiger partial charge in [0.05, 0.1) is 0 Å². The number of nitrogens with zero attached hydrogens (tertiary/aromatic N) is 2. The van der Waals surface area contributed by atoms with Gasteiger partial charge in [-0.15, -0.1) is 4.68 Å². The van der Waals surface area contributed by atoms with Gasteiger partial charge in [-0.25, -0.2) is 9.18 Å². The molecule has 1 aliphatic rings. The largest absolute Gasteiger partial charge is 0.402 e. The van der Waals surface area contributed by atoms with E-state index in [2.05, 4.69) is 11.3 Å². The first-order valence-corrected chi connectivity index (χ1v) is 6.84. The molecule has 0 bridgehead atoms. The van der Waals surface area contributed by atoms with Crippen molar-refractivity contribution >= 4 is 0 Å². The number of benzene rings is 2. The van der Waals surface area contributed by atoms with E-state index in [0.717, 1.165) is 17.8 Å². The summed E-state index contributed by atoms with van der Waals surface area (Å²) < 4.78 is 16.3. The molecule has 0 radical (unpaired) electrons. The van der Waals surface area contributed by atoms with Crippen LogP contribution in [0.15, 0.2) is 53.3 Å². The van der Waals surface area contributed by atoms with Crippen LogP contribution in [0.5, 0.6) is 0 Å². The van der Waals surface area contributed by atoms with Crippen molar-refractivity contribution in [2.75, 3.05) is 0 Å². The lowest BCUT2D eigenvalue weighted by Crippen LogP contribution is -2.42. The van der Waals surface area contributed by atoms with E-state index in [9.17, 15) is 9.18 Å². The molecule has 4 rings (SSSR count). The molecule has 5 heteroatoms. The summed E-state index contributed by atoms with van der Waals surface area (Å²) in [5.41, 5.74) is 3.47. The van der Waals surface area contributed by atoms with Crippen LogP contribution in [0.1, 0.15) is 11.3 Å². The highest BCUT2D eigenvalue weighted by molar-refractivity contribution is 5.36. The smallest absolute Gasteiger partial charge is 0.234 e. The minimum absolute atomic E-state index is 0.0869. The standard InChI is InChI=1S/C16H12FN3O/c17-12-6-8-13(9-7-12)19-16(21)15-10-5-11-3-1-2-4-14(11)20(15)18-19/h1-4,6-9H,5,10H2/p+1. The van der Waals surface area contributed by atoms with Crippen molar-refractivity contribution in [3.8, 4) is 11.4 Å². The predicted octanol–water partition coefficient (Wildman–Crippen LogP) is 1.68. The number of aromatic nitrogens is 3. The molecule has 104 valence electrons. The molecule has 0 atom stereocenters. The van der Waals surface area contributed by atoms with E-state index in [0.29, 0.717) is 12.1 Å². The zero-order valence-corrected chi connectivity index (χ0v) is 11.2. The van der Waals surface area contributed by atoms with Gasteiger partial charge >= 0.3 is 5.56 Å². The molecule has 0 unspecified atom stereocenters. The molecule has 0 saturated heterocycles. The first-order chi connectivity index (χ1) is 10.2. The number of rotatable bonds is 1. The first kappa shape index (κ1) is 12.1. The van der Waals surface area contributed by atoms with Gasteiger partial charge < -0.3 is 0 Å². The van der Waals surface area contributed by atoms with Crippen molar-refractivity contribution in [3.63, 3.8) is 0 Å². The van der Waals surface area contributed by atoms with Crippen molar-refractivity contribution < 1.29 is 9.07 Å². The third kappa shape index (κ3) is 1.81. The first-order valence-electron chi connectivity index (χ1n) is 6.84. The topological polar surface area (TPSA) is 41.7 Å². The molecular weight excluding hydrogens is 269 g/mol. The molecule has 1 aliphatic heterocycles. The maximum absolute atomic E-state index is 13.0. The number of para-hydroxylation sites is 1. The molecule has 0 amide bonds. The summed E-state index contributed by atoms with van der Waals surface area (Å²) >= 11 is 0. The maximum atomic E-state index is 13.0. The zero-order chi connectivity index (χ0) is 14.4. The van der Waals surface area contributed by atoms with E-state index in [1.165, 1.54) is 22.4 Å². The molecule has 1 aromatic heterocycles. The van der Waals surface area contributed by atoms with Crippen LogP contribution in [-0.4, -0.2) is 9.90 Å². The number of aromatic amines is 1. The van der Waals surface area contributed by atoms with Gasteiger partial charge in [0, 0.05) is 12.0 Å². The van der Waals surface area contributed by atoms with Crippen LogP contribution in [0.25, 0.3) is 11.4 Å². The lowest BCUT2D eigenvalue weighted by molar-refractivity contribution is -0.671. The minimum Gasteiger partial charge on any atom is -0.234 e. The Morgan fingerprint density at radius 3 is 2.62 bits per heavy atom. The Balaban J connectivity index is 1.93. The normalized spacial score (nSPS) is 12.8. The Labute approximate surface area is 120 Å². The van der Waals surface area contributed by atoms with Crippen LogP contribution >= 0.6 is 0 Å². The highest BCUT2D eigenvalue weighted by Gasteiger charge is 2.28. The predicted molar refractivity (Wildman–Crippen MR) is 75.3 cm³/mol. The molecule has 2 heterocycles. The number of fused-ring (bicyclic) bond motifs is 3. The van der Waals surface area contributed by atoms with Crippen molar-refractivity contribution in [1.29, 1.82) is 0 Å². The molecule has 1 N–H and O–H groups in total. The molecule has 4 nitrogen and oxygen atoms in total. The van der Waals surface area contributed by atoms with Gasteiger partial charge in [-0.3, -0.25) is 0 Å². The average molecular weight is 282 g/mol. The van der Waals surface area contributed by atoms with Crippen LogP contribution in [0.2, 0.25) is 0 Å². The number of H-pyrrole nitrogens is 1. The van der Waals surface area contributed by atoms with Crippen LogP contribution in [0.4, 0.5) is 4.39 Å². The molecule has 0 spiro atoms. The molecule has 0 fully saturated rings. The fourth-order valence-electron chi connectivity index (χ4n) is 2.81. The van der Waals surface area contributed by atoms with Gasteiger partial charge in [0.15, 0.2) is 11.4 Å². The summed E-state index contributed by atoms with van der Waals surface area (Å²) in [5, 5.41) is 3.09. The highest BCUT2D eigenvalue weighted by Crippen LogP contribution is 2.16. The van der Waals surface area contributed by atoms with Crippen LogP contribution in [0.3, 0.4) is 0 Å². The van der Waals surface area contributed by atoms with Crippen LogP contribution in [-0.2, 0) is 12.8 Å². The SMILES string of the molecule is O=c1c2[n+]([nH]n1-c1ccc(F)cc1)-c1ccccc1CC2. The molecule has 21 heavy (non-hydrogen) atoms. The van der Waals surface area contributed by atoms with Gasteiger partial charge in [0.2, 0.25) is 5.69 Å². The lowest BCUT2D eigenvalue weighted by Gasteiger charge is -2.10. The van der Waals surface area contributed by atoms with E-state index in [-0.39, 0.29) is 11.4 Å². The Morgan fingerprint density at radius 1 is 1.05 bits per heavy atom. The van der Waals surface area contributed by atoms with E-state index in [1.807, 2.05) is 22.9 Å². The summed E-state index contributed by atoms with van der Waals surface area (Å²) in [6.45, 7) is 0. The van der Waals surface area contributed by atoms with Gasteiger partial charge in [0.1, 0.15) is 5.82 Å². The second-order valence-corrected chi connectivity index (χ2v) is 5.13. The maximum Gasteiger partial charge on any atom is 0.402 e. The fraction of sp³-hybridized carbons (Fsp3) is 0.125. The molecule has 3 aromatic rings. The van der Waals surface area contributed by atoms with E-state index in [4.69, 9.17) is 0 Å². The Morgan fingerprint density at radius 2 is 1.81 bits per heavy atom. The van der Waals surface area contributed by atoms with Gasteiger partial charge in [0.25, 0.3) is 0 Å². The van der Waals surface area contributed by atoms with Crippen molar-refractivity contribution in [1.82, 2.24) is 9.90 Å². The number of aryl methyl sites for hydroxylation is 1. The third-order valence-corrected chi connectivity index (χ3v) is 3.87. The average Bonchev–Trinajstić information content (AvgIpc) is 2.86. The van der Waals surface area contributed by atoms with E-state index >= 15 is 0 Å². The second kappa shape index (κ2) is 4.41. The number of nitrogens with one attached hydrogen (secondary N) is 1. The lowest BCUT2D eigenvalue weighted by atomic mass is 10.0. The Bertz CT molecular complexity index is 877. The monoisotopic (exact) mass is 282 g/mol. The van der Waals surface area contributed by atoms with Crippen molar-refractivity contribution in [3.05, 3.63) is 76.0 Å². The molecule has 0 saturated carbocycles. The third-order valence-electron chi connectivity index (χ3n) is 3.87. The molecular formula is C16H13FN3O+. The van der Waals surface area contributed by atoms with Gasteiger partial charge in [-0.1, -0.05) is 28.1 Å². The summed E-state index contributed by atoms with van der Waals surface area (Å²) in [7, 11) is 0. The summed E-state index contributed by atoms with van der Waals surface area (Å²) in [6.07, 6.45) is 1.55. The number of halogens is 1. The summed E-state index contributed by atoms with van der Waals surface area (Å²) in [5.74, 6) is -0.318. The van der Waals surface area contributed by atoms with Crippen LogP contribution in [0, 0.1) is 5.82 Å². The minimum atomic E-state index is -0.318. The molecule has 2 aromatic carbocycles. The van der Waals surface area contributed by atoms with Crippen molar-refractivity contribution in [2.45, 2.75) is 12.8 Å². The van der Waals surface area contributed by atoms with E-state index in [1.54, 1.807) is 12.1 Å². The fourth-order valence-corrected chi connectivity index (χ4v) is 2.81. The zero-order valence-electron chi connectivity index (χ0n) is 11.2. The number of hydrogen-bond acceptors (Lipinski definition) is 1. The molecule has 0 aliphatic carbocycles. The summed E-state index contributed by atoms with van der Waals surface area (Å²) in [4.78, 5) is 12.5. The van der Waals surface area contributed by atoms with E-state index < -0.39 is 0 Å². The van der Waals surface area contributed by atoms with Gasteiger partial charge in [-0.2, -0.15) is 0 Å². The highest BCUT2D eigenvalue weighted by atomic mass is 19.1. The quantitative estimate of drug-likeness (QED) is 0.678. The van der Waals surface area contributed by atoms with Gasteiger partial charge in [-0.05, 0) is 36.8 Å². The van der Waals surface area contributed by atoms with Crippen molar-refractivity contribution in [2.24, 2.45) is 0 Å². The number of hydrogen-bond donors (Lipinski definition) is 1. The summed E-state index contributed by atoms with van der Waals surface area (Å²) in [6, 6.07) is 13.9. The second-order valence-electron chi connectivity index (χ2n) is 5.13. The Kier molecular flexibility index (Phi) is 2.54. The Hall–Kier alpha value is -2.69. The van der Waals surface area contributed by atoms with Crippen LogP contribution < -0.4 is 10.2 Å².